The molecule has 7 nitrogen and oxygen atoms in total. The van der Waals surface area contributed by atoms with E-state index in [2.05, 4.69) is 4.99 Å². The van der Waals surface area contributed by atoms with Crippen molar-refractivity contribution < 1.29 is 13.2 Å². The molecule has 156 valence electrons. The fourth-order valence-corrected chi connectivity index (χ4v) is 3.55. The fraction of sp³-hybridized carbons (Fsp3) is 0.0435. The molecule has 31 heavy (non-hydrogen) atoms. The van der Waals surface area contributed by atoms with Crippen LogP contribution in [0.1, 0.15) is 5.56 Å². The first-order valence-electron chi connectivity index (χ1n) is 9.40. The molecule has 2 N–H and O–H groups in total. The molecule has 0 radical (unpaired) electrons. The summed E-state index contributed by atoms with van der Waals surface area (Å²) in [7, 11) is -2.14. The van der Waals surface area contributed by atoms with Crippen LogP contribution in [-0.4, -0.2) is 31.5 Å². The SMILES string of the molecule is COc1ccc(-c2nn(-c3ccc(S(N)(=O)=O)cc3)cc2C=Nc2ccccc2)cc1. The van der Waals surface area contributed by atoms with Gasteiger partial charge in [0.25, 0.3) is 0 Å². The van der Waals surface area contributed by atoms with E-state index < -0.39 is 10.0 Å². The van der Waals surface area contributed by atoms with Gasteiger partial charge in [0, 0.05) is 23.5 Å². The lowest BCUT2D eigenvalue weighted by Crippen LogP contribution is -2.12. The molecule has 0 atom stereocenters. The van der Waals surface area contributed by atoms with Crippen LogP contribution in [0.2, 0.25) is 0 Å². The summed E-state index contributed by atoms with van der Waals surface area (Å²) < 4.78 is 30.0. The molecule has 0 spiro atoms. The van der Waals surface area contributed by atoms with Crippen LogP contribution in [0.5, 0.6) is 5.75 Å². The van der Waals surface area contributed by atoms with Gasteiger partial charge in [0.15, 0.2) is 0 Å². The number of hydrogen-bond acceptors (Lipinski definition) is 5. The van der Waals surface area contributed by atoms with Crippen molar-refractivity contribution in [2.24, 2.45) is 10.1 Å². The molecule has 8 heteroatoms. The summed E-state index contributed by atoms with van der Waals surface area (Å²) in [6.45, 7) is 0. The third kappa shape index (κ3) is 4.71. The van der Waals surface area contributed by atoms with Gasteiger partial charge < -0.3 is 4.74 Å². The van der Waals surface area contributed by atoms with Crippen LogP contribution < -0.4 is 9.88 Å². The second-order valence-electron chi connectivity index (χ2n) is 6.74. The second-order valence-corrected chi connectivity index (χ2v) is 8.30. The van der Waals surface area contributed by atoms with E-state index in [9.17, 15) is 8.42 Å². The zero-order valence-corrected chi connectivity index (χ0v) is 17.5. The average Bonchev–Trinajstić information content (AvgIpc) is 3.22. The van der Waals surface area contributed by atoms with E-state index in [-0.39, 0.29) is 4.90 Å². The van der Waals surface area contributed by atoms with Gasteiger partial charge >= 0.3 is 0 Å². The molecule has 0 aliphatic carbocycles. The van der Waals surface area contributed by atoms with E-state index in [1.807, 2.05) is 60.8 Å². The Hall–Kier alpha value is -3.75. The summed E-state index contributed by atoms with van der Waals surface area (Å²) in [5, 5.41) is 9.90. The number of sulfonamides is 1. The number of hydrogen-bond donors (Lipinski definition) is 1. The van der Waals surface area contributed by atoms with E-state index in [1.54, 1.807) is 30.1 Å². The third-order valence-corrected chi connectivity index (χ3v) is 5.57. The largest absolute Gasteiger partial charge is 0.497 e. The molecule has 0 saturated heterocycles. The van der Waals surface area contributed by atoms with Crippen LogP contribution in [0.4, 0.5) is 5.69 Å². The number of aromatic nitrogens is 2. The molecular weight excluding hydrogens is 412 g/mol. The lowest BCUT2D eigenvalue weighted by atomic mass is 10.1. The summed E-state index contributed by atoms with van der Waals surface area (Å²) in [5.74, 6) is 0.751. The van der Waals surface area contributed by atoms with Gasteiger partial charge in [-0.2, -0.15) is 5.10 Å². The highest BCUT2D eigenvalue weighted by molar-refractivity contribution is 7.89. The topological polar surface area (TPSA) is 99.6 Å². The molecule has 1 aromatic heterocycles. The molecule has 0 aliphatic heterocycles. The van der Waals surface area contributed by atoms with Crippen molar-refractivity contribution in [2.75, 3.05) is 7.11 Å². The van der Waals surface area contributed by atoms with E-state index >= 15 is 0 Å². The highest BCUT2D eigenvalue weighted by Crippen LogP contribution is 2.26. The third-order valence-electron chi connectivity index (χ3n) is 4.64. The van der Waals surface area contributed by atoms with E-state index in [4.69, 9.17) is 15.0 Å². The van der Waals surface area contributed by atoms with Crippen molar-refractivity contribution >= 4 is 21.9 Å². The Kier molecular flexibility index (Phi) is 5.66. The van der Waals surface area contributed by atoms with Crippen LogP contribution in [0.15, 0.2) is 94.9 Å². The van der Waals surface area contributed by atoms with Crippen molar-refractivity contribution in [1.82, 2.24) is 9.78 Å². The molecule has 1 heterocycles. The second kappa shape index (κ2) is 8.55. The number of nitrogens with two attached hydrogens (primary N) is 1. The first kappa shape index (κ1) is 20.5. The summed E-state index contributed by atoms with van der Waals surface area (Å²) >= 11 is 0. The van der Waals surface area contributed by atoms with Gasteiger partial charge in [0.05, 0.1) is 23.4 Å². The van der Waals surface area contributed by atoms with Gasteiger partial charge in [-0.05, 0) is 60.7 Å². The van der Waals surface area contributed by atoms with Crippen molar-refractivity contribution in [3.05, 3.63) is 90.6 Å². The van der Waals surface area contributed by atoms with Gasteiger partial charge in [0.1, 0.15) is 11.4 Å². The number of para-hydroxylation sites is 1. The number of benzene rings is 3. The molecule has 0 saturated carbocycles. The Morgan fingerprint density at radius 1 is 0.968 bits per heavy atom. The lowest BCUT2D eigenvalue weighted by molar-refractivity contribution is 0.415. The molecule has 0 fully saturated rings. The van der Waals surface area contributed by atoms with Crippen LogP contribution in [0.3, 0.4) is 0 Å². The highest BCUT2D eigenvalue weighted by atomic mass is 32.2. The van der Waals surface area contributed by atoms with Crippen molar-refractivity contribution in [3.8, 4) is 22.7 Å². The average molecular weight is 433 g/mol. The van der Waals surface area contributed by atoms with Gasteiger partial charge in [-0.15, -0.1) is 0 Å². The normalized spacial score (nSPS) is 11.7. The maximum absolute atomic E-state index is 11.5. The zero-order chi connectivity index (χ0) is 21.8. The monoisotopic (exact) mass is 432 g/mol. The van der Waals surface area contributed by atoms with Crippen LogP contribution >= 0.6 is 0 Å². The minimum Gasteiger partial charge on any atom is -0.497 e. The summed E-state index contributed by atoms with van der Waals surface area (Å²) in [4.78, 5) is 4.60. The predicted octanol–water partition coefficient (Wildman–Crippen LogP) is 3.95. The number of rotatable bonds is 6. The predicted molar refractivity (Wildman–Crippen MR) is 121 cm³/mol. The lowest BCUT2D eigenvalue weighted by Gasteiger charge is -2.03. The molecule has 3 aromatic carbocycles. The van der Waals surface area contributed by atoms with Crippen LogP contribution in [0.25, 0.3) is 16.9 Å². The number of primary sulfonamides is 1. The summed E-state index contributed by atoms with van der Waals surface area (Å²) in [6.07, 6.45) is 3.61. The molecule has 4 aromatic rings. The number of nitrogens with zero attached hydrogens (tertiary/aromatic N) is 3. The Balaban J connectivity index is 1.76. The maximum atomic E-state index is 11.5. The zero-order valence-electron chi connectivity index (χ0n) is 16.7. The van der Waals surface area contributed by atoms with Gasteiger partial charge in [-0.25, -0.2) is 18.2 Å². The van der Waals surface area contributed by atoms with E-state index in [1.165, 1.54) is 12.1 Å². The van der Waals surface area contributed by atoms with Crippen molar-refractivity contribution in [3.63, 3.8) is 0 Å². The van der Waals surface area contributed by atoms with E-state index in [0.29, 0.717) is 5.69 Å². The number of ether oxygens (including phenoxy) is 1. The Bertz CT molecular complexity index is 1310. The molecule has 0 aliphatic rings. The van der Waals surface area contributed by atoms with Gasteiger partial charge in [-0.3, -0.25) is 4.99 Å². The Morgan fingerprint density at radius 2 is 1.65 bits per heavy atom. The van der Waals surface area contributed by atoms with Gasteiger partial charge in [0.2, 0.25) is 10.0 Å². The minimum absolute atomic E-state index is 0.0460. The molecule has 0 amide bonds. The Morgan fingerprint density at radius 3 is 2.26 bits per heavy atom. The maximum Gasteiger partial charge on any atom is 0.238 e. The van der Waals surface area contributed by atoms with E-state index in [0.717, 1.165) is 28.3 Å². The smallest absolute Gasteiger partial charge is 0.238 e. The number of aliphatic imine (C=N–C) groups is 1. The van der Waals surface area contributed by atoms with Crippen LogP contribution in [-0.2, 0) is 10.0 Å². The quantitative estimate of drug-likeness (QED) is 0.466. The highest BCUT2D eigenvalue weighted by Gasteiger charge is 2.13. The minimum atomic E-state index is -3.76. The fourth-order valence-electron chi connectivity index (χ4n) is 3.03. The molecule has 4 rings (SSSR count). The van der Waals surface area contributed by atoms with Crippen LogP contribution in [0, 0.1) is 0 Å². The standard InChI is InChI=1S/C23H20N4O3S/c1-30-21-11-7-17(8-12-21)23-18(15-25-19-5-3-2-4-6-19)16-27(26-23)20-9-13-22(14-10-20)31(24,28)29/h2-16H,1H3,(H2,24,28,29). The first-order chi connectivity index (χ1) is 14.9. The molecule has 0 unspecified atom stereocenters. The summed E-state index contributed by atoms with van der Waals surface area (Å²) in [5.41, 5.74) is 3.97. The molecule has 0 bridgehead atoms. The summed E-state index contributed by atoms with van der Waals surface area (Å²) in [6, 6.07) is 23.4. The molecular formula is C23H20N4O3S. The first-order valence-corrected chi connectivity index (χ1v) is 10.9. The van der Waals surface area contributed by atoms with Gasteiger partial charge in [-0.1, -0.05) is 18.2 Å². The van der Waals surface area contributed by atoms with Crippen molar-refractivity contribution in [2.45, 2.75) is 4.90 Å². The Labute approximate surface area is 180 Å². The number of methoxy groups -OCH3 is 1. The van der Waals surface area contributed by atoms with Crippen molar-refractivity contribution in [1.29, 1.82) is 0 Å².